The molecule has 1 aromatic carbocycles. The molecule has 0 aromatic heterocycles. The Labute approximate surface area is 312 Å². The monoisotopic (exact) mass is 751 g/mol. The Morgan fingerprint density at radius 2 is 1.57 bits per heavy atom. The number of hydrogen-bond donors (Lipinski definition) is 2. The van der Waals surface area contributed by atoms with Gasteiger partial charge in [0.2, 0.25) is 6.29 Å². The van der Waals surface area contributed by atoms with E-state index in [-0.39, 0.29) is 25.0 Å². The first-order valence-corrected chi connectivity index (χ1v) is 19.8. The van der Waals surface area contributed by atoms with Crippen LogP contribution in [0.3, 0.4) is 0 Å². The van der Waals surface area contributed by atoms with Gasteiger partial charge in [-0.1, -0.05) is 109 Å². The van der Waals surface area contributed by atoms with Crippen LogP contribution in [-0.4, -0.2) is 77.0 Å². The summed E-state index contributed by atoms with van der Waals surface area (Å²) in [7, 11) is 2.04. The van der Waals surface area contributed by atoms with Crippen LogP contribution in [0.1, 0.15) is 146 Å². The zero-order chi connectivity index (χ0) is 38.6. The molecule has 5 atom stereocenters. The largest absolute Gasteiger partial charge is 0.481 e. The van der Waals surface area contributed by atoms with Crippen molar-refractivity contribution in [2.24, 2.45) is 0 Å². The van der Waals surface area contributed by atoms with Gasteiger partial charge in [-0.2, -0.15) is 13.2 Å². The van der Waals surface area contributed by atoms with E-state index >= 15 is 0 Å². The van der Waals surface area contributed by atoms with Crippen LogP contribution in [0.15, 0.2) is 24.0 Å². The second-order valence-corrected chi connectivity index (χ2v) is 15.3. The molecule has 9 nitrogen and oxygen atoms in total. The van der Waals surface area contributed by atoms with Crippen molar-refractivity contribution in [1.29, 1.82) is 0 Å². The number of alkyl halides is 3. The molecule has 1 aromatic rings. The van der Waals surface area contributed by atoms with Crippen molar-refractivity contribution < 1.29 is 52.0 Å². The molecule has 298 valence electrons. The Morgan fingerprint density at radius 3 is 2.11 bits per heavy atom. The zero-order valence-electron chi connectivity index (χ0n) is 31.8. The summed E-state index contributed by atoms with van der Waals surface area (Å²) in [5.74, 6) is -0.0863. The van der Waals surface area contributed by atoms with Crippen LogP contribution in [-0.2, 0) is 42.3 Å². The number of aliphatic hydroxyl groups excluding tert-OH is 1. The lowest BCUT2D eigenvalue weighted by Gasteiger charge is -2.61. The van der Waals surface area contributed by atoms with E-state index in [1.807, 2.05) is 19.2 Å². The number of benzene rings is 1. The van der Waals surface area contributed by atoms with Gasteiger partial charge in [-0.15, -0.1) is 0 Å². The number of nitrogens with zero attached hydrogens (tertiary/aromatic N) is 1. The number of piperidine rings is 1. The number of hydrogen-bond acceptors (Lipinski definition) is 9. The van der Waals surface area contributed by atoms with Crippen molar-refractivity contribution in [2.45, 2.75) is 178 Å². The molecule has 2 bridgehead atoms. The molecule has 0 radical (unpaired) electrons. The third-order valence-electron chi connectivity index (χ3n) is 11.6. The summed E-state index contributed by atoms with van der Waals surface area (Å²) in [4.78, 5) is 36.7. The van der Waals surface area contributed by atoms with Crippen molar-refractivity contribution in [3.8, 4) is 5.75 Å². The van der Waals surface area contributed by atoms with Crippen LogP contribution in [0, 0.1) is 0 Å². The molecule has 0 unspecified atom stereocenters. The standard InChI is InChI=1S/C39H59NO7.C2HF3O/c1-4-5-6-7-8-9-10-11-12-13-14-15-16-17-18-19-33(42)45-28(2)37(43)46-31-22-23-39(44)32-26-29-20-21-30(27-41)35-34(29)38(39,36(31)47-35)24-25-40(32)3;3-2(4,5)1-6/h20-22,28,32,36,41,44H,4-19,23-27H2,1-3H3;1H/t28-,32+,36-,38-,39+;/m0./s1. The van der Waals surface area contributed by atoms with Gasteiger partial charge in [-0.05, 0) is 51.4 Å². The number of aldehydes is 1. The smallest absolute Gasteiger partial charge is 0.446 e. The van der Waals surface area contributed by atoms with Gasteiger partial charge in [0.15, 0.2) is 12.2 Å². The number of unbranched alkanes of at least 4 members (excludes halogenated alkanes) is 14. The summed E-state index contributed by atoms with van der Waals surface area (Å²) in [5, 5.41) is 22.4. The van der Waals surface area contributed by atoms with E-state index in [9.17, 15) is 33.0 Å². The first-order valence-electron chi connectivity index (χ1n) is 19.8. The lowest BCUT2D eigenvalue weighted by atomic mass is 9.50. The number of carbonyl (C=O) groups is 3. The maximum atomic E-state index is 13.2. The minimum absolute atomic E-state index is 0.103. The highest BCUT2D eigenvalue weighted by Crippen LogP contribution is 2.64. The Bertz CT molecular complexity index is 1420. The van der Waals surface area contributed by atoms with Gasteiger partial charge < -0.3 is 29.3 Å². The third kappa shape index (κ3) is 10.2. The lowest BCUT2D eigenvalue weighted by Crippen LogP contribution is -2.74. The minimum Gasteiger partial charge on any atom is -0.481 e. The maximum absolute atomic E-state index is 13.2. The molecule has 2 heterocycles. The predicted molar refractivity (Wildman–Crippen MR) is 194 cm³/mol. The van der Waals surface area contributed by atoms with Gasteiger partial charge in [-0.3, -0.25) is 9.59 Å². The molecule has 4 aliphatic rings. The number of ether oxygens (including phenoxy) is 3. The van der Waals surface area contributed by atoms with Crippen LogP contribution in [0.25, 0.3) is 0 Å². The Balaban J connectivity index is 0.000000964. The molecule has 5 rings (SSSR count). The van der Waals surface area contributed by atoms with Crippen LogP contribution in [0.5, 0.6) is 5.75 Å². The summed E-state index contributed by atoms with van der Waals surface area (Å²) in [6.45, 7) is 4.39. The first-order chi connectivity index (χ1) is 25.3. The topological polar surface area (TPSA) is 123 Å². The van der Waals surface area contributed by atoms with Crippen molar-refractivity contribution >= 4 is 18.2 Å². The van der Waals surface area contributed by atoms with E-state index in [1.54, 1.807) is 13.0 Å². The van der Waals surface area contributed by atoms with Crippen molar-refractivity contribution in [3.63, 3.8) is 0 Å². The number of halogens is 3. The molecule has 0 saturated carbocycles. The quantitative estimate of drug-likeness (QED) is 0.0777. The minimum atomic E-state index is -4.64. The normalized spacial score (nSPS) is 24.6. The van der Waals surface area contributed by atoms with Gasteiger partial charge >= 0.3 is 18.1 Å². The van der Waals surface area contributed by atoms with Crippen molar-refractivity contribution in [2.75, 3.05) is 13.6 Å². The van der Waals surface area contributed by atoms with Crippen LogP contribution in [0.2, 0.25) is 0 Å². The van der Waals surface area contributed by atoms with Gasteiger partial charge in [0.1, 0.15) is 11.5 Å². The van der Waals surface area contributed by atoms with Gasteiger partial charge in [-0.25, -0.2) is 4.79 Å². The highest BCUT2D eigenvalue weighted by Gasteiger charge is 2.72. The molecule has 1 spiro atoms. The molecule has 2 aliphatic carbocycles. The average molecular weight is 752 g/mol. The molecule has 2 aliphatic heterocycles. The number of likely N-dealkylation sites (tertiary alicyclic amines) is 1. The fourth-order valence-corrected chi connectivity index (χ4v) is 8.78. The molecule has 1 fully saturated rings. The molecular weight excluding hydrogens is 691 g/mol. The number of likely N-dealkylation sites (N-methyl/N-ethyl adjacent to an activating group) is 1. The highest BCUT2D eigenvalue weighted by atomic mass is 19.4. The molecular formula is C41H60F3NO8. The van der Waals surface area contributed by atoms with Crippen LogP contribution in [0.4, 0.5) is 13.2 Å². The van der Waals surface area contributed by atoms with E-state index in [2.05, 4.69) is 11.8 Å². The second kappa shape index (κ2) is 19.6. The molecule has 53 heavy (non-hydrogen) atoms. The van der Waals surface area contributed by atoms with E-state index in [0.717, 1.165) is 36.9 Å². The van der Waals surface area contributed by atoms with Gasteiger partial charge in [0, 0.05) is 30.0 Å². The summed E-state index contributed by atoms with van der Waals surface area (Å²) in [6.07, 6.45) is 15.2. The van der Waals surface area contributed by atoms with Crippen molar-refractivity contribution in [3.05, 3.63) is 40.7 Å². The number of rotatable bonds is 20. The maximum Gasteiger partial charge on any atom is 0.446 e. The average Bonchev–Trinajstić information content (AvgIpc) is 3.48. The summed E-state index contributed by atoms with van der Waals surface area (Å²) >= 11 is 0. The highest BCUT2D eigenvalue weighted by molar-refractivity contribution is 5.80. The summed E-state index contributed by atoms with van der Waals surface area (Å²) in [6, 6.07) is 3.82. The zero-order valence-corrected chi connectivity index (χ0v) is 31.8. The molecule has 0 amide bonds. The SMILES string of the molecule is CCCCCCCCCCCCCCCCCC(=O)O[C@@H](C)C(=O)OC1=CC[C@@]2(O)[C@H]3Cc4ccc(CO)c5c4[C@@]2(CCN3C)[C@H]1O5.O=CC(F)(F)F. The van der Waals surface area contributed by atoms with E-state index < -0.39 is 41.7 Å². The summed E-state index contributed by atoms with van der Waals surface area (Å²) in [5.41, 5.74) is 0.841. The van der Waals surface area contributed by atoms with E-state index in [4.69, 9.17) is 19.0 Å². The molecule has 2 N–H and O–H groups in total. The second-order valence-electron chi connectivity index (χ2n) is 15.3. The molecule has 1 saturated heterocycles. The van der Waals surface area contributed by atoms with Crippen LogP contribution < -0.4 is 4.74 Å². The van der Waals surface area contributed by atoms with E-state index in [1.165, 1.54) is 77.0 Å². The number of esters is 2. The number of aliphatic hydroxyl groups is 2. The van der Waals surface area contributed by atoms with Crippen molar-refractivity contribution in [1.82, 2.24) is 4.90 Å². The fourth-order valence-electron chi connectivity index (χ4n) is 8.78. The molecule has 12 heteroatoms. The Morgan fingerprint density at radius 1 is 1.00 bits per heavy atom. The third-order valence-corrected chi connectivity index (χ3v) is 11.6. The lowest BCUT2D eigenvalue weighted by molar-refractivity contribution is -0.175. The Kier molecular flexibility index (Phi) is 15.8. The van der Waals surface area contributed by atoms with E-state index in [0.29, 0.717) is 36.3 Å². The first kappa shape index (κ1) is 42.8. The van der Waals surface area contributed by atoms with Gasteiger partial charge in [0.05, 0.1) is 17.6 Å². The number of carbonyl (C=O) groups excluding carboxylic acids is 3. The van der Waals surface area contributed by atoms with Crippen LogP contribution >= 0.6 is 0 Å². The Hall–Kier alpha value is -2.96. The summed E-state index contributed by atoms with van der Waals surface area (Å²) < 4.78 is 49.2. The fraction of sp³-hybridized carbons (Fsp3) is 0.732. The van der Waals surface area contributed by atoms with Gasteiger partial charge in [0.25, 0.3) is 0 Å². The predicted octanol–water partition coefficient (Wildman–Crippen LogP) is 7.94.